The Bertz CT molecular complexity index is 2550. The molecular formula is C54H43OP. The molecule has 270 valence electrons. The van der Waals surface area contributed by atoms with Crippen LogP contribution in [0, 0.1) is 13.8 Å². The molecular weight excluding hydrogens is 696 g/mol. The minimum absolute atomic E-state index is 0.818. The van der Waals surface area contributed by atoms with Crippen molar-refractivity contribution in [1.29, 1.82) is 0 Å². The Labute approximate surface area is 331 Å². The SMILES string of the molecule is Cc1ccc(C(=Cc2ccc(-c3ccc(C=C(c4ccccc4)c4ccc(P(=O)(c5ccccc5)c5ccccc5)cc4)cc3)cc2)c2ccc(C)cc2)cc1. The molecule has 0 N–H and O–H groups in total. The summed E-state index contributed by atoms with van der Waals surface area (Å²) in [7, 11) is -3.06. The number of hydrogen-bond acceptors (Lipinski definition) is 1. The summed E-state index contributed by atoms with van der Waals surface area (Å²) < 4.78 is 15.0. The average molecular weight is 739 g/mol. The summed E-state index contributed by atoms with van der Waals surface area (Å²) in [6.07, 6.45) is 4.53. The van der Waals surface area contributed by atoms with Gasteiger partial charge < -0.3 is 4.57 Å². The first-order chi connectivity index (χ1) is 27.4. The molecule has 0 fully saturated rings. The highest BCUT2D eigenvalue weighted by Crippen LogP contribution is 2.42. The van der Waals surface area contributed by atoms with Gasteiger partial charge >= 0.3 is 0 Å². The average Bonchev–Trinajstić information content (AvgIpc) is 3.27. The van der Waals surface area contributed by atoms with Crippen molar-refractivity contribution < 1.29 is 4.57 Å². The van der Waals surface area contributed by atoms with E-state index >= 15 is 0 Å². The van der Waals surface area contributed by atoms with Crippen molar-refractivity contribution in [3.63, 3.8) is 0 Å². The number of rotatable bonds is 10. The lowest BCUT2D eigenvalue weighted by atomic mass is 9.93. The predicted octanol–water partition coefficient (Wildman–Crippen LogP) is 12.8. The Morgan fingerprint density at radius 2 is 0.643 bits per heavy atom. The van der Waals surface area contributed by atoms with E-state index in [9.17, 15) is 4.57 Å². The van der Waals surface area contributed by atoms with Crippen LogP contribution in [0.25, 0.3) is 34.4 Å². The fraction of sp³-hybridized carbons (Fsp3) is 0.0370. The van der Waals surface area contributed by atoms with E-state index in [2.05, 4.69) is 159 Å². The maximum Gasteiger partial charge on any atom is 0.171 e. The van der Waals surface area contributed by atoms with E-state index < -0.39 is 7.14 Å². The zero-order chi connectivity index (χ0) is 38.3. The van der Waals surface area contributed by atoms with Crippen LogP contribution in [0.2, 0.25) is 0 Å². The van der Waals surface area contributed by atoms with Crippen molar-refractivity contribution >= 4 is 46.4 Å². The maximum atomic E-state index is 15.0. The van der Waals surface area contributed by atoms with E-state index in [-0.39, 0.29) is 0 Å². The smallest absolute Gasteiger partial charge is 0.171 e. The van der Waals surface area contributed by atoms with Crippen molar-refractivity contribution in [3.8, 4) is 11.1 Å². The number of benzene rings is 8. The Morgan fingerprint density at radius 1 is 0.339 bits per heavy atom. The van der Waals surface area contributed by atoms with Crippen LogP contribution in [-0.2, 0) is 4.57 Å². The molecule has 8 aromatic carbocycles. The van der Waals surface area contributed by atoms with Gasteiger partial charge in [-0.25, -0.2) is 0 Å². The van der Waals surface area contributed by atoms with Crippen LogP contribution in [0.1, 0.15) is 44.5 Å². The molecule has 0 saturated heterocycles. The molecule has 8 aromatic rings. The first kappa shape index (κ1) is 36.4. The molecule has 0 unspecified atom stereocenters. The summed E-state index contributed by atoms with van der Waals surface area (Å²) in [6, 6.07) is 73.6. The quantitative estimate of drug-likeness (QED) is 0.101. The second-order valence-corrected chi connectivity index (χ2v) is 17.1. The first-order valence-electron chi connectivity index (χ1n) is 19.1. The maximum absolute atomic E-state index is 15.0. The van der Waals surface area contributed by atoms with Crippen LogP contribution >= 0.6 is 7.14 Å². The lowest BCUT2D eigenvalue weighted by Crippen LogP contribution is -2.24. The number of hydrogen-bond donors (Lipinski definition) is 0. The van der Waals surface area contributed by atoms with Gasteiger partial charge in [-0.05, 0) is 81.7 Å². The van der Waals surface area contributed by atoms with Gasteiger partial charge in [-0.1, -0.05) is 223 Å². The monoisotopic (exact) mass is 738 g/mol. The fourth-order valence-corrected chi connectivity index (χ4v) is 9.85. The Hall–Kier alpha value is -6.53. The van der Waals surface area contributed by atoms with Gasteiger partial charge in [-0.3, -0.25) is 0 Å². The highest BCUT2D eigenvalue weighted by Gasteiger charge is 2.29. The van der Waals surface area contributed by atoms with Crippen LogP contribution in [0.3, 0.4) is 0 Å². The third kappa shape index (κ3) is 7.96. The molecule has 0 radical (unpaired) electrons. The molecule has 8 rings (SSSR count). The molecule has 0 atom stereocenters. The van der Waals surface area contributed by atoms with E-state index in [1.54, 1.807) is 0 Å². The highest BCUT2D eigenvalue weighted by atomic mass is 31.2. The van der Waals surface area contributed by atoms with E-state index in [0.717, 1.165) is 49.3 Å². The standard InChI is InChI=1S/C54H43OP/c1-40-18-26-47(27-19-40)54(48-28-20-41(2)21-29-48)39-43-24-32-45(33-25-43)44-30-22-42(23-31-44)38-53(46-12-6-3-7-13-46)49-34-36-52(37-35-49)56(55,50-14-8-4-9-15-50)51-16-10-5-11-17-51/h3-39H,1-2H3. The molecule has 0 spiro atoms. The van der Waals surface area contributed by atoms with E-state index in [0.29, 0.717) is 0 Å². The Kier molecular flexibility index (Phi) is 10.7. The van der Waals surface area contributed by atoms with Gasteiger partial charge in [0.15, 0.2) is 7.14 Å². The van der Waals surface area contributed by atoms with E-state index in [4.69, 9.17) is 0 Å². The van der Waals surface area contributed by atoms with Crippen molar-refractivity contribution in [1.82, 2.24) is 0 Å². The third-order valence-electron chi connectivity index (χ3n) is 10.4. The third-order valence-corrected chi connectivity index (χ3v) is 13.4. The fourth-order valence-electron chi connectivity index (χ4n) is 7.20. The van der Waals surface area contributed by atoms with Gasteiger partial charge in [-0.2, -0.15) is 0 Å². The van der Waals surface area contributed by atoms with Gasteiger partial charge in [0.2, 0.25) is 0 Å². The van der Waals surface area contributed by atoms with Crippen LogP contribution in [0.5, 0.6) is 0 Å². The van der Waals surface area contributed by atoms with Crippen molar-refractivity contribution in [2.75, 3.05) is 0 Å². The van der Waals surface area contributed by atoms with Crippen molar-refractivity contribution in [2.45, 2.75) is 13.8 Å². The molecule has 0 aliphatic carbocycles. The topological polar surface area (TPSA) is 17.1 Å². The van der Waals surface area contributed by atoms with Gasteiger partial charge in [0.25, 0.3) is 0 Å². The zero-order valence-corrected chi connectivity index (χ0v) is 32.6. The lowest BCUT2D eigenvalue weighted by molar-refractivity contribution is 0.592. The van der Waals surface area contributed by atoms with Crippen LogP contribution in [0.15, 0.2) is 212 Å². The Morgan fingerprint density at radius 3 is 1.02 bits per heavy atom. The molecule has 56 heavy (non-hydrogen) atoms. The largest absolute Gasteiger partial charge is 0.309 e. The second-order valence-electron chi connectivity index (χ2n) is 14.3. The molecule has 0 amide bonds. The summed E-state index contributed by atoms with van der Waals surface area (Å²) in [5.41, 5.74) is 14.0. The minimum Gasteiger partial charge on any atom is -0.309 e. The van der Waals surface area contributed by atoms with Gasteiger partial charge in [-0.15, -0.1) is 0 Å². The molecule has 0 bridgehead atoms. The van der Waals surface area contributed by atoms with Gasteiger partial charge in [0, 0.05) is 15.9 Å². The predicted molar refractivity (Wildman–Crippen MR) is 240 cm³/mol. The van der Waals surface area contributed by atoms with Gasteiger partial charge in [0.05, 0.1) is 0 Å². The van der Waals surface area contributed by atoms with Crippen LogP contribution in [0.4, 0.5) is 0 Å². The summed E-state index contributed by atoms with van der Waals surface area (Å²) >= 11 is 0. The summed E-state index contributed by atoms with van der Waals surface area (Å²) in [6.45, 7) is 4.25. The molecule has 1 nitrogen and oxygen atoms in total. The highest BCUT2D eigenvalue weighted by molar-refractivity contribution is 7.85. The van der Waals surface area contributed by atoms with Crippen molar-refractivity contribution in [2.24, 2.45) is 0 Å². The van der Waals surface area contributed by atoms with Crippen LogP contribution in [-0.4, -0.2) is 0 Å². The Balaban J connectivity index is 1.08. The molecule has 0 aromatic heterocycles. The summed E-state index contributed by atoms with van der Waals surface area (Å²) in [5, 5.41) is 2.48. The van der Waals surface area contributed by atoms with Gasteiger partial charge in [0.1, 0.15) is 0 Å². The lowest BCUT2D eigenvalue weighted by Gasteiger charge is -2.20. The van der Waals surface area contributed by atoms with E-state index in [1.165, 1.54) is 33.4 Å². The normalized spacial score (nSPS) is 11.6. The molecule has 0 aliphatic rings. The summed E-state index contributed by atoms with van der Waals surface area (Å²) in [4.78, 5) is 0. The van der Waals surface area contributed by atoms with Crippen LogP contribution < -0.4 is 15.9 Å². The zero-order valence-electron chi connectivity index (χ0n) is 31.7. The first-order valence-corrected chi connectivity index (χ1v) is 20.8. The minimum atomic E-state index is -3.06. The summed E-state index contributed by atoms with van der Waals surface area (Å²) in [5.74, 6) is 0. The molecule has 2 heteroatoms. The van der Waals surface area contributed by atoms with E-state index in [1.807, 2.05) is 78.9 Å². The number of aryl methyl sites for hydroxylation is 2. The molecule has 0 heterocycles. The molecule has 0 aliphatic heterocycles. The molecule has 0 saturated carbocycles. The van der Waals surface area contributed by atoms with Crippen molar-refractivity contribution in [3.05, 3.63) is 257 Å². The second kappa shape index (κ2) is 16.5.